The molecule has 0 aliphatic carbocycles. The van der Waals surface area contributed by atoms with Gasteiger partial charge in [-0.25, -0.2) is 4.79 Å². The maximum Gasteiger partial charge on any atom is 0.319 e. The monoisotopic (exact) mass is 299 g/mol. The summed E-state index contributed by atoms with van der Waals surface area (Å²) in [4.78, 5) is 11.7. The van der Waals surface area contributed by atoms with Crippen molar-refractivity contribution in [1.82, 2.24) is 15.5 Å². The molecule has 0 bridgehead atoms. The fraction of sp³-hybridized carbons (Fsp3) is 0.0909. The zero-order chi connectivity index (χ0) is 13.8. The number of nitrogens with zero attached hydrogens (tertiary/aromatic N) is 1. The molecule has 1 aromatic heterocycles. The minimum absolute atomic E-state index is 0.256. The maximum absolute atomic E-state index is 11.7. The Balaban J connectivity index is 1.94. The van der Waals surface area contributed by atoms with Crippen LogP contribution in [0.5, 0.6) is 0 Å². The molecule has 0 saturated carbocycles. The number of rotatable bonds is 3. The second-order valence-electron chi connectivity index (χ2n) is 3.74. The minimum atomic E-state index is -0.412. The first-order chi connectivity index (χ1) is 9.06. The highest BCUT2D eigenvalue weighted by atomic mass is 35.5. The summed E-state index contributed by atoms with van der Waals surface area (Å²) in [7, 11) is 0. The molecule has 2 amide bonds. The molecule has 0 unspecified atom stereocenters. The first-order valence-corrected chi connectivity index (χ1v) is 6.09. The lowest BCUT2D eigenvalue weighted by Crippen LogP contribution is -2.28. The number of urea groups is 1. The molecule has 0 fully saturated rings. The van der Waals surface area contributed by atoms with E-state index in [4.69, 9.17) is 28.9 Å². The number of carbonyl (C=O) groups is 1. The summed E-state index contributed by atoms with van der Waals surface area (Å²) >= 11 is 11.7. The number of H-pyrrole nitrogens is 1. The van der Waals surface area contributed by atoms with Crippen LogP contribution in [0.15, 0.2) is 24.4 Å². The molecule has 0 atom stereocenters. The van der Waals surface area contributed by atoms with E-state index in [9.17, 15) is 4.79 Å². The normalized spacial score (nSPS) is 10.2. The van der Waals surface area contributed by atoms with Crippen LogP contribution < -0.4 is 16.4 Å². The van der Waals surface area contributed by atoms with Crippen molar-refractivity contribution < 1.29 is 4.79 Å². The number of halogens is 2. The van der Waals surface area contributed by atoms with Gasteiger partial charge in [-0.05, 0) is 18.2 Å². The Hall–Kier alpha value is -1.92. The van der Waals surface area contributed by atoms with Gasteiger partial charge >= 0.3 is 6.03 Å². The van der Waals surface area contributed by atoms with Gasteiger partial charge in [0.05, 0.1) is 16.9 Å². The van der Waals surface area contributed by atoms with Gasteiger partial charge in [-0.2, -0.15) is 5.10 Å². The number of benzene rings is 1. The van der Waals surface area contributed by atoms with Crippen molar-refractivity contribution in [1.29, 1.82) is 0 Å². The molecule has 0 saturated heterocycles. The van der Waals surface area contributed by atoms with Gasteiger partial charge in [0.2, 0.25) is 0 Å². The number of hydrogen-bond donors (Lipinski definition) is 4. The lowest BCUT2D eigenvalue weighted by molar-refractivity contribution is 0.252. The summed E-state index contributed by atoms with van der Waals surface area (Å²) in [6.07, 6.45) is 1.54. The molecule has 5 N–H and O–H groups in total. The van der Waals surface area contributed by atoms with Crippen LogP contribution in [0.4, 0.5) is 16.3 Å². The Morgan fingerprint density at radius 2 is 2.21 bits per heavy atom. The van der Waals surface area contributed by atoms with Gasteiger partial charge in [-0.15, -0.1) is 0 Å². The van der Waals surface area contributed by atoms with Crippen molar-refractivity contribution in [3.63, 3.8) is 0 Å². The SMILES string of the molecule is Nc1[nH]ncc1CNC(=O)Nc1cc(Cl)ccc1Cl. The van der Waals surface area contributed by atoms with Crippen molar-refractivity contribution in [3.8, 4) is 0 Å². The van der Waals surface area contributed by atoms with Crippen LogP contribution in [0, 0.1) is 0 Å². The molecular weight excluding hydrogens is 289 g/mol. The van der Waals surface area contributed by atoms with Crippen LogP contribution in [0.25, 0.3) is 0 Å². The van der Waals surface area contributed by atoms with E-state index in [1.807, 2.05) is 0 Å². The van der Waals surface area contributed by atoms with Gasteiger partial charge in [0.1, 0.15) is 5.82 Å². The lowest BCUT2D eigenvalue weighted by Gasteiger charge is -2.09. The fourth-order valence-corrected chi connectivity index (χ4v) is 1.73. The minimum Gasteiger partial charge on any atom is -0.384 e. The fourth-order valence-electron chi connectivity index (χ4n) is 1.40. The third-order valence-electron chi connectivity index (χ3n) is 2.37. The summed E-state index contributed by atoms with van der Waals surface area (Å²) in [5.74, 6) is 0.418. The van der Waals surface area contributed by atoms with Gasteiger partial charge in [-0.3, -0.25) is 5.10 Å². The van der Waals surface area contributed by atoms with Crippen LogP contribution in [-0.2, 0) is 6.54 Å². The number of hydrogen-bond acceptors (Lipinski definition) is 3. The molecule has 1 heterocycles. The second kappa shape index (κ2) is 5.81. The van der Waals surface area contributed by atoms with Gasteiger partial charge in [-0.1, -0.05) is 23.2 Å². The van der Waals surface area contributed by atoms with E-state index in [1.165, 1.54) is 0 Å². The van der Waals surface area contributed by atoms with E-state index < -0.39 is 6.03 Å². The zero-order valence-electron chi connectivity index (χ0n) is 9.71. The van der Waals surface area contributed by atoms with E-state index in [2.05, 4.69) is 20.8 Å². The highest BCUT2D eigenvalue weighted by molar-refractivity contribution is 6.35. The number of nitrogens with two attached hydrogens (primary N) is 1. The smallest absolute Gasteiger partial charge is 0.319 e. The molecule has 1 aromatic carbocycles. The Bertz CT molecular complexity index is 599. The molecular formula is C11H11Cl2N5O. The number of aromatic nitrogens is 2. The number of amides is 2. The summed E-state index contributed by atoms with van der Waals surface area (Å²) in [5, 5.41) is 12.4. The lowest BCUT2D eigenvalue weighted by atomic mass is 10.3. The predicted octanol–water partition coefficient (Wildman–Crippen LogP) is 2.62. The van der Waals surface area contributed by atoms with Gasteiger partial charge < -0.3 is 16.4 Å². The summed E-state index contributed by atoms with van der Waals surface area (Å²) in [5.41, 5.74) is 6.73. The van der Waals surface area contributed by atoms with Crippen LogP contribution in [-0.4, -0.2) is 16.2 Å². The Kier molecular flexibility index (Phi) is 4.13. The third-order valence-corrected chi connectivity index (χ3v) is 2.93. The van der Waals surface area contributed by atoms with Crippen LogP contribution in [0.2, 0.25) is 10.0 Å². The van der Waals surface area contributed by atoms with E-state index in [1.54, 1.807) is 24.4 Å². The number of aromatic amines is 1. The second-order valence-corrected chi connectivity index (χ2v) is 4.58. The van der Waals surface area contributed by atoms with Crippen LogP contribution >= 0.6 is 23.2 Å². The van der Waals surface area contributed by atoms with E-state index in [-0.39, 0.29) is 6.54 Å². The molecule has 100 valence electrons. The average molecular weight is 300 g/mol. The molecule has 0 aliphatic heterocycles. The number of anilines is 2. The van der Waals surface area contributed by atoms with Crippen molar-refractivity contribution in [2.45, 2.75) is 6.54 Å². The highest BCUT2D eigenvalue weighted by Crippen LogP contribution is 2.25. The van der Waals surface area contributed by atoms with Gasteiger partial charge in [0.15, 0.2) is 0 Å². The van der Waals surface area contributed by atoms with E-state index >= 15 is 0 Å². The molecule has 0 spiro atoms. The van der Waals surface area contributed by atoms with Crippen molar-refractivity contribution in [3.05, 3.63) is 40.0 Å². The number of nitrogen functional groups attached to an aromatic ring is 1. The van der Waals surface area contributed by atoms with Crippen molar-refractivity contribution in [2.24, 2.45) is 0 Å². The first-order valence-electron chi connectivity index (χ1n) is 5.34. The number of carbonyl (C=O) groups excluding carboxylic acids is 1. The molecule has 0 radical (unpaired) electrons. The molecule has 19 heavy (non-hydrogen) atoms. The first kappa shape index (κ1) is 13.5. The molecule has 8 heteroatoms. The largest absolute Gasteiger partial charge is 0.384 e. The standard InChI is InChI=1S/C11H11Cl2N5O/c12-7-1-2-8(13)9(3-7)17-11(19)15-4-6-5-16-18-10(6)14/h1-3,5H,4H2,(H3,14,16,18)(H2,15,17,19). The van der Waals surface area contributed by atoms with Crippen molar-refractivity contribution in [2.75, 3.05) is 11.1 Å². The van der Waals surface area contributed by atoms with Crippen LogP contribution in [0.1, 0.15) is 5.56 Å². The average Bonchev–Trinajstić information content (AvgIpc) is 2.77. The Morgan fingerprint density at radius 3 is 2.89 bits per heavy atom. The van der Waals surface area contributed by atoms with Crippen molar-refractivity contribution >= 4 is 40.7 Å². The molecule has 2 aromatic rings. The zero-order valence-corrected chi connectivity index (χ0v) is 11.2. The quantitative estimate of drug-likeness (QED) is 0.701. The van der Waals surface area contributed by atoms with E-state index in [0.717, 1.165) is 0 Å². The van der Waals surface area contributed by atoms with Gasteiger partial charge in [0.25, 0.3) is 0 Å². The Labute approximate surface area is 119 Å². The highest BCUT2D eigenvalue weighted by Gasteiger charge is 2.07. The molecule has 6 nitrogen and oxygen atoms in total. The molecule has 2 rings (SSSR count). The summed E-state index contributed by atoms with van der Waals surface area (Å²) in [6.45, 7) is 0.256. The number of nitrogens with one attached hydrogen (secondary N) is 3. The van der Waals surface area contributed by atoms with Gasteiger partial charge in [0, 0.05) is 17.1 Å². The van der Waals surface area contributed by atoms with E-state index in [0.29, 0.717) is 27.1 Å². The topological polar surface area (TPSA) is 95.8 Å². The molecule has 0 aliphatic rings. The third kappa shape index (κ3) is 3.52. The maximum atomic E-state index is 11.7. The summed E-state index contributed by atoms with van der Waals surface area (Å²) < 4.78 is 0. The summed E-state index contributed by atoms with van der Waals surface area (Å²) in [6, 6.07) is 4.40. The predicted molar refractivity (Wildman–Crippen MR) is 75.3 cm³/mol. The Morgan fingerprint density at radius 1 is 1.42 bits per heavy atom. The van der Waals surface area contributed by atoms with Crippen LogP contribution in [0.3, 0.4) is 0 Å².